The Labute approximate surface area is 260 Å². The number of hydrogen-bond acceptors (Lipinski definition) is 4. The summed E-state index contributed by atoms with van der Waals surface area (Å²) in [6.45, 7) is 13.0. The van der Waals surface area contributed by atoms with Crippen molar-refractivity contribution in [1.82, 2.24) is 0 Å². The zero-order valence-corrected chi connectivity index (χ0v) is 26.8. The summed E-state index contributed by atoms with van der Waals surface area (Å²) in [6, 6.07) is 16.0. The van der Waals surface area contributed by atoms with Gasteiger partial charge in [0.25, 0.3) is 0 Å². The fourth-order valence-corrected chi connectivity index (χ4v) is 7.24. The van der Waals surface area contributed by atoms with E-state index in [2.05, 4.69) is 44.3 Å². The maximum atomic E-state index is 12.1. The third kappa shape index (κ3) is 8.94. The predicted octanol–water partition coefficient (Wildman–Crippen LogP) is 10.3. The fourth-order valence-electron chi connectivity index (χ4n) is 7.24. The summed E-state index contributed by atoms with van der Waals surface area (Å²) in [6.07, 6.45) is 18.6. The number of hydrogen-bond donors (Lipinski definition) is 0. The van der Waals surface area contributed by atoms with Crippen LogP contribution >= 0.6 is 0 Å². The van der Waals surface area contributed by atoms with Crippen LogP contribution in [0.3, 0.4) is 0 Å². The molecule has 0 spiro atoms. The van der Waals surface area contributed by atoms with Gasteiger partial charge in [-0.3, -0.25) is 0 Å². The monoisotopic (exact) mass is 584 g/mol. The maximum absolute atomic E-state index is 12.1. The lowest BCUT2D eigenvalue weighted by molar-refractivity contribution is -0.130. The summed E-state index contributed by atoms with van der Waals surface area (Å²) in [7, 11) is 0. The van der Waals surface area contributed by atoms with Crippen LogP contribution in [-0.2, 0) is 15.0 Å². The van der Waals surface area contributed by atoms with E-state index < -0.39 is 11.9 Å². The molecule has 2 aliphatic carbocycles. The van der Waals surface area contributed by atoms with Crippen molar-refractivity contribution in [2.24, 2.45) is 17.8 Å². The lowest BCUT2D eigenvalue weighted by Crippen LogP contribution is -2.33. The zero-order chi connectivity index (χ0) is 30.8. The van der Waals surface area contributed by atoms with Crippen LogP contribution in [-0.4, -0.2) is 11.9 Å². The van der Waals surface area contributed by atoms with Crippen molar-refractivity contribution in [3.05, 3.63) is 84.0 Å². The lowest BCUT2D eigenvalue weighted by Gasteiger charge is -2.42. The highest BCUT2D eigenvalue weighted by atomic mass is 16.5. The van der Waals surface area contributed by atoms with Gasteiger partial charge < -0.3 is 9.47 Å². The van der Waals surface area contributed by atoms with E-state index in [0.717, 1.165) is 30.6 Å². The molecule has 0 N–H and O–H groups in total. The smallest absolute Gasteiger partial charge is 0.338 e. The molecule has 0 atom stereocenters. The van der Waals surface area contributed by atoms with E-state index >= 15 is 0 Å². The Hall–Kier alpha value is -3.14. The largest absolute Gasteiger partial charge is 0.423 e. The molecule has 232 valence electrons. The summed E-state index contributed by atoms with van der Waals surface area (Å²) < 4.78 is 10.9. The van der Waals surface area contributed by atoms with Gasteiger partial charge in [0.2, 0.25) is 0 Å². The van der Waals surface area contributed by atoms with Crippen LogP contribution in [0.15, 0.2) is 72.8 Å². The van der Waals surface area contributed by atoms with Crippen molar-refractivity contribution >= 4 is 11.9 Å². The molecule has 2 aromatic rings. The molecule has 0 bridgehead atoms. The second-order valence-electron chi connectivity index (χ2n) is 13.4. The van der Waals surface area contributed by atoms with Crippen molar-refractivity contribution in [1.29, 1.82) is 0 Å². The van der Waals surface area contributed by atoms with Crippen LogP contribution in [0.25, 0.3) is 0 Å². The molecular weight excluding hydrogens is 532 g/mol. The van der Waals surface area contributed by atoms with E-state index in [-0.39, 0.29) is 5.41 Å². The average Bonchev–Trinajstić information content (AvgIpc) is 3.01. The van der Waals surface area contributed by atoms with Gasteiger partial charge in [0.1, 0.15) is 11.5 Å². The number of unbranched alkanes of at least 4 members (excludes halogenated alkanes) is 2. The van der Waals surface area contributed by atoms with Crippen LogP contribution in [0.1, 0.15) is 122 Å². The Morgan fingerprint density at radius 2 is 1.05 bits per heavy atom. The molecule has 0 saturated heterocycles. The summed E-state index contributed by atoms with van der Waals surface area (Å²) in [5.41, 5.74) is 3.09. The predicted molar refractivity (Wildman–Crippen MR) is 175 cm³/mol. The molecule has 4 nitrogen and oxygen atoms in total. The van der Waals surface area contributed by atoms with Gasteiger partial charge in [-0.15, -0.1) is 0 Å². The number of benzene rings is 2. The Morgan fingerprint density at radius 3 is 1.44 bits per heavy atom. The van der Waals surface area contributed by atoms with Crippen molar-refractivity contribution in [2.45, 2.75) is 116 Å². The minimum absolute atomic E-state index is 0.138. The van der Waals surface area contributed by atoms with E-state index in [9.17, 15) is 9.59 Å². The first-order valence-electron chi connectivity index (χ1n) is 16.7. The first kappa shape index (κ1) is 32.8. The number of esters is 2. The molecule has 0 aromatic heterocycles. The molecule has 4 heteroatoms. The summed E-state index contributed by atoms with van der Waals surface area (Å²) >= 11 is 0. The molecule has 2 fully saturated rings. The van der Waals surface area contributed by atoms with Gasteiger partial charge >= 0.3 is 11.9 Å². The molecule has 0 radical (unpaired) electrons. The third-order valence-electron chi connectivity index (χ3n) is 10.1. The number of rotatable bonds is 13. The number of carbonyl (C=O) groups is 2. The zero-order valence-electron chi connectivity index (χ0n) is 26.8. The van der Waals surface area contributed by atoms with Gasteiger partial charge in [-0.25, -0.2) is 9.59 Å². The maximum Gasteiger partial charge on any atom is 0.338 e. The Balaban J connectivity index is 1.42. The van der Waals surface area contributed by atoms with Crippen LogP contribution in [0.5, 0.6) is 11.5 Å². The molecule has 2 aliphatic rings. The quantitative estimate of drug-likeness (QED) is 0.102. The molecule has 0 amide bonds. The number of ether oxygens (including phenoxy) is 2. The normalized spacial score (nSPS) is 20.3. The highest BCUT2D eigenvalue weighted by molar-refractivity contribution is 5.89. The lowest BCUT2D eigenvalue weighted by atomic mass is 9.62. The van der Waals surface area contributed by atoms with E-state index in [1.54, 1.807) is 13.8 Å². The Kier molecular flexibility index (Phi) is 11.8. The molecule has 2 aromatic carbocycles. The van der Waals surface area contributed by atoms with Gasteiger partial charge in [-0.1, -0.05) is 109 Å². The van der Waals surface area contributed by atoms with E-state index in [1.165, 1.54) is 88.2 Å². The average molecular weight is 585 g/mol. The van der Waals surface area contributed by atoms with Crippen LogP contribution in [0.4, 0.5) is 0 Å². The van der Waals surface area contributed by atoms with E-state index in [4.69, 9.17) is 9.47 Å². The number of carbonyl (C=O) groups excluding carboxylic acids is 2. The van der Waals surface area contributed by atoms with Crippen LogP contribution < -0.4 is 9.47 Å². The second-order valence-corrected chi connectivity index (χ2v) is 13.4. The van der Waals surface area contributed by atoms with E-state index in [0.29, 0.717) is 22.6 Å². The van der Waals surface area contributed by atoms with E-state index in [1.807, 2.05) is 24.3 Å². The minimum Gasteiger partial charge on any atom is -0.423 e. The van der Waals surface area contributed by atoms with Crippen molar-refractivity contribution in [3.63, 3.8) is 0 Å². The van der Waals surface area contributed by atoms with Crippen LogP contribution in [0.2, 0.25) is 0 Å². The molecule has 0 unspecified atom stereocenters. The van der Waals surface area contributed by atoms with Crippen molar-refractivity contribution < 1.29 is 19.1 Å². The minimum atomic E-state index is -0.409. The highest BCUT2D eigenvalue weighted by Gasteiger charge is 2.38. The first-order valence-corrected chi connectivity index (χ1v) is 16.7. The Bertz CT molecular complexity index is 1150. The van der Waals surface area contributed by atoms with Crippen LogP contribution in [0, 0.1) is 17.8 Å². The van der Waals surface area contributed by atoms with Gasteiger partial charge in [0, 0.05) is 16.6 Å². The Morgan fingerprint density at radius 1 is 0.651 bits per heavy atom. The summed E-state index contributed by atoms with van der Waals surface area (Å²) in [5.74, 6) is 2.90. The fraction of sp³-hybridized carbons (Fsp3) is 0.538. The van der Waals surface area contributed by atoms with Gasteiger partial charge in [-0.2, -0.15) is 0 Å². The standard InChI is InChI=1S/C39H52O4/c1-6-7-8-9-30-10-12-31(13-11-30)14-15-32-24-26-39(27-25-32,33-16-20-35(21-17-33)42-37(40)28(2)3)34-18-22-36(23-19-34)43-38(41)29(4)5/h16-23,30-32H,2,4,6-15,24-27H2,1,3,5H3. The SMILES string of the molecule is C=C(C)C(=O)Oc1ccc(C2(c3ccc(OC(=O)C(=C)C)cc3)CCC(CCC3CCC(CCCCC)CC3)CC2)cc1. The topological polar surface area (TPSA) is 52.6 Å². The first-order chi connectivity index (χ1) is 20.7. The highest BCUT2D eigenvalue weighted by Crippen LogP contribution is 2.48. The summed E-state index contributed by atoms with van der Waals surface area (Å²) in [5, 5.41) is 0. The summed E-state index contributed by atoms with van der Waals surface area (Å²) in [4.78, 5) is 24.1. The van der Waals surface area contributed by atoms with Crippen molar-refractivity contribution in [3.8, 4) is 11.5 Å². The molecule has 43 heavy (non-hydrogen) atoms. The molecule has 2 saturated carbocycles. The molecule has 4 rings (SSSR count). The van der Waals surface area contributed by atoms with Crippen molar-refractivity contribution in [2.75, 3.05) is 0 Å². The molecular formula is C39H52O4. The second kappa shape index (κ2) is 15.5. The third-order valence-corrected chi connectivity index (χ3v) is 10.1. The van der Waals surface area contributed by atoms with Gasteiger partial charge in [0.05, 0.1) is 0 Å². The molecule has 0 heterocycles. The van der Waals surface area contributed by atoms with Gasteiger partial charge in [0.15, 0.2) is 0 Å². The molecule has 0 aliphatic heterocycles. The van der Waals surface area contributed by atoms with Gasteiger partial charge in [-0.05, 0) is 92.7 Å².